The summed E-state index contributed by atoms with van der Waals surface area (Å²) in [6.07, 6.45) is 1.26. The number of hydrogen-bond acceptors (Lipinski definition) is 3. The smallest absolute Gasteiger partial charge is 0.339 e. The fraction of sp³-hybridized carbons (Fsp3) is 1.00. The van der Waals surface area contributed by atoms with E-state index in [4.69, 9.17) is 14.9 Å². The maximum Gasteiger partial charge on any atom is 0.339 e. The maximum atomic E-state index is 10.6. The normalized spacial score (nSPS) is 9.82. The Morgan fingerprint density at radius 1 is 1.18 bits per heavy atom. The molecule has 0 aliphatic carbocycles. The lowest BCUT2D eigenvalue weighted by molar-refractivity contribution is 0.252. The van der Waals surface area contributed by atoms with Crippen LogP contribution < -0.4 is 0 Å². The van der Waals surface area contributed by atoms with Gasteiger partial charge in [-0.3, -0.25) is 9.46 Å². The molecule has 5 nitrogen and oxygen atoms in total. The fourth-order valence-electron chi connectivity index (χ4n) is 1.04. The minimum Gasteiger partial charge on any atom is -0.396 e. The maximum absolute atomic E-state index is 10.6. The summed E-state index contributed by atoms with van der Waals surface area (Å²) in [4.78, 5) is 19.1. The first-order valence-corrected chi connectivity index (χ1v) is 12.6. The molecule has 0 amide bonds. The zero-order chi connectivity index (χ0) is 12.3. The molecule has 110 valence electrons. The minimum atomic E-state index is -3.92. The van der Waals surface area contributed by atoms with E-state index in [2.05, 4.69) is 37.2 Å². The van der Waals surface area contributed by atoms with Gasteiger partial charge in [0.05, 0.1) is 0 Å². The molecule has 0 aliphatic rings. The number of nitrogens with zero attached hydrogens (tertiary/aromatic N) is 1. The van der Waals surface area contributed by atoms with E-state index >= 15 is 0 Å². The lowest BCUT2D eigenvalue weighted by Crippen LogP contribution is -2.25. The zero-order valence-corrected chi connectivity index (χ0v) is 13.9. The molecule has 8 heteroatoms. The highest BCUT2D eigenvalue weighted by Crippen LogP contribution is 2.34. The largest absolute Gasteiger partial charge is 0.396 e. The molecule has 0 bridgehead atoms. The molecule has 17 heavy (non-hydrogen) atoms. The van der Waals surface area contributed by atoms with Gasteiger partial charge in [-0.15, -0.1) is 0 Å². The second-order valence-electron chi connectivity index (χ2n) is 2.95. The average molecular weight is 497 g/mol. The van der Waals surface area contributed by atoms with Gasteiger partial charge in [0.1, 0.15) is 6.29 Å². The van der Waals surface area contributed by atoms with Crippen LogP contribution in [0.4, 0.5) is 0 Å². The highest BCUT2D eigenvalue weighted by atomic mass is 128. The average Bonchev–Trinajstić information content (AvgIpc) is 2.18. The Balaban J connectivity index is -0.000000199. The van der Waals surface area contributed by atoms with Crippen molar-refractivity contribution >= 4 is 44.8 Å². The van der Waals surface area contributed by atoms with Crippen molar-refractivity contribution < 1.29 is 19.5 Å². The van der Waals surface area contributed by atoms with Crippen molar-refractivity contribution in [3.05, 3.63) is 0 Å². The van der Waals surface area contributed by atoms with Gasteiger partial charge in [0, 0.05) is 43.8 Å². The summed E-state index contributed by atoms with van der Waals surface area (Å²) in [5.74, 6) is 0. The molecule has 0 fully saturated rings. The van der Waals surface area contributed by atoms with E-state index in [1.54, 1.807) is 4.90 Å². The number of aliphatic hydroxyl groups is 1. The first-order chi connectivity index (χ1) is 6.99. The summed E-state index contributed by atoms with van der Waals surface area (Å²) >= 11 is 4.24. The molecule has 0 spiro atoms. The minimum absolute atomic E-state index is 0. The predicted octanol–water partition coefficient (Wildman–Crippen LogP) is 3.26. The van der Waals surface area contributed by atoms with E-state index in [9.17, 15) is 4.57 Å². The van der Waals surface area contributed by atoms with Crippen molar-refractivity contribution in [3.63, 3.8) is 0 Å². The van der Waals surface area contributed by atoms with Crippen molar-refractivity contribution in [3.8, 4) is 0 Å². The molecular weight excluding hydrogens is 471 g/mol. The number of halogens is 2. The Labute approximate surface area is 129 Å². The molecule has 3 N–H and O–H groups in total. The van der Waals surface area contributed by atoms with Gasteiger partial charge in [-0.1, -0.05) is 21.8 Å². The Bertz CT molecular complexity index is 180. The molecule has 0 atom stereocenters. The van der Waals surface area contributed by atoms with Gasteiger partial charge in [-0.2, -0.15) is 0 Å². The fourth-order valence-corrected chi connectivity index (χ4v) is 1.90. The molecule has 0 radical (unpaired) electrons. The summed E-state index contributed by atoms with van der Waals surface area (Å²) in [5.41, 5.74) is 0. The van der Waals surface area contributed by atoms with Crippen LogP contribution in [0.5, 0.6) is 0 Å². The first-order valence-electron chi connectivity index (χ1n) is 4.51. The summed E-state index contributed by atoms with van der Waals surface area (Å²) in [7, 11) is -3.92. The highest BCUT2D eigenvalue weighted by Gasteiger charge is 2.17. The second kappa shape index (κ2) is 17.5. The van der Waals surface area contributed by atoms with Crippen LogP contribution in [0.25, 0.3) is 0 Å². The van der Waals surface area contributed by atoms with E-state index in [1.165, 1.54) is 0 Å². The van der Waals surface area contributed by atoms with Gasteiger partial charge < -0.3 is 14.9 Å². The Hall–Kier alpha value is 1.53. The van der Waals surface area contributed by atoms with Crippen LogP contribution in [0.3, 0.4) is 0 Å². The third-order valence-electron chi connectivity index (χ3n) is 1.71. The topological polar surface area (TPSA) is 81.0 Å². The SMILES string of the molecule is C.C.CCN(CCCCO)CP(=O)(O)O.II. The number of unbranched alkanes of at least 4 members (excludes halogenated alkanes) is 1. The second-order valence-corrected chi connectivity index (χ2v) is 4.56. The van der Waals surface area contributed by atoms with Crippen LogP contribution in [0.15, 0.2) is 0 Å². The van der Waals surface area contributed by atoms with Gasteiger partial charge in [0.2, 0.25) is 0 Å². The number of hydrogen-bond donors (Lipinski definition) is 3. The first kappa shape index (κ1) is 27.0. The third kappa shape index (κ3) is 23.1. The molecule has 0 heterocycles. The summed E-state index contributed by atoms with van der Waals surface area (Å²) < 4.78 is 10.6. The van der Waals surface area contributed by atoms with Crippen LogP contribution in [-0.2, 0) is 4.57 Å². The Kier molecular flexibility index (Phi) is 27.8. The molecule has 0 saturated heterocycles. The van der Waals surface area contributed by atoms with Crippen molar-refractivity contribution in [2.24, 2.45) is 0 Å². The number of rotatable bonds is 7. The van der Waals surface area contributed by atoms with Gasteiger partial charge in [0.25, 0.3) is 0 Å². The lowest BCUT2D eigenvalue weighted by atomic mass is 10.3. The van der Waals surface area contributed by atoms with Crippen molar-refractivity contribution in [1.29, 1.82) is 0 Å². The monoisotopic (exact) mass is 497 g/mol. The Morgan fingerprint density at radius 2 is 1.65 bits per heavy atom. The van der Waals surface area contributed by atoms with Crippen LogP contribution in [-0.4, -0.2) is 45.8 Å². The van der Waals surface area contributed by atoms with E-state index in [1.807, 2.05) is 6.92 Å². The molecule has 0 aromatic rings. The van der Waals surface area contributed by atoms with E-state index in [0.29, 0.717) is 19.5 Å². The standard InChI is InChI=1S/C7H18NO4P.2CH4.I2/c1-2-8(5-3-4-6-9)7-13(10,11)12;;;1-2/h9H,2-7H2,1H3,(H2,10,11,12);2*1H4;. The quantitative estimate of drug-likeness (QED) is 0.286. The van der Waals surface area contributed by atoms with Gasteiger partial charge in [-0.25, -0.2) is 0 Å². The zero-order valence-electron chi connectivity index (χ0n) is 8.64. The van der Waals surface area contributed by atoms with Gasteiger partial charge in [0.15, 0.2) is 0 Å². The van der Waals surface area contributed by atoms with Crippen molar-refractivity contribution in [2.45, 2.75) is 34.6 Å². The molecule has 0 aromatic carbocycles. The van der Waals surface area contributed by atoms with Gasteiger partial charge in [-0.05, 0) is 25.9 Å². The van der Waals surface area contributed by atoms with Crippen LogP contribution in [0.2, 0.25) is 0 Å². The Morgan fingerprint density at radius 3 is 1.94 bits per heavy atom. The molecule has 0 unspecified atom stereocenters. The third-order valence-corrected chi connectivity index (χ3v) is 2.48. The van der Waals surface area contributed by atoms with E-state index in [0.717, 1.165) is 6.42 Å². The number of aliphatic hydroxyl groups excluding tert-OH is 1. The molecule has 0 saturated carbocycles. The predicted molar refractivity (Wildman–Crippen MR) is 92.0 cm³/mol. The van der Waals surface area contributed by atoms with Gasteiger partial charge >= 0.3 is 7.60 Å². The molecule has 0 rings (SSSR count). The molecular formula is C9H26I2NO4P. The van der Waals surface area contributed by atoms with Crippen LogP contribution >= 0.6 is 44.8 Å². The highest BCUT2D eigenvalue weighted by molar-refractivity contribution is 15.0. The van der Waals surface area contributed by atoms with E-state index < -0.39 is 7.60 Å². The molecule has 0 aliphatic heterocycles. The summed E-state index contributed by atoms with van der Waals surface area (Å²) in [6.45, 7) is 3.24. The molecule has 0 aromatic heterocycles. The van der Waals surface area contributed by atoms with Crippen molar-refractivity contribution in [1.82, 2.24) is 4.90 Å². The van der Waals surface area contributed by atoms with Crippen LogP contribution in [0, 0.1) is 0 Å². The lowest BCUT2D eigenvalue weighted by Gasteiger charge is -2.20. The summed E-state index contributed by atoms with van der Waals surface area (Å²) in [5, 5.41) is 8.51. The van der Waals surface area contributed by atoms with Crippen LogP contribution in [0.1, 0.15) is 34.6 Å². The summed E-state index contributed by atoms with van der Waals surface area (Å²) in [6, 6.07) is 0. The van der Waals surface area contributed by atoms with Crippen molar-refractivity contribution in [2.75, 3.05) is 26.0 Å². The van der Waals surface area contributed by atoms with E-state index in [-0.39, 0.29) is 27.7 Å².